The summed E-state index contributed by atoms with van der Waals surface area (Å²) in [6.07, 6.45) is 2.57. The van der Waals surface area contributed by atoms with Gasteiger partial charge in [-0.2, -0.15) is 0 Å². The maximum atomic E-state index is 10.8. The zero-order valence-corrected chi connectivity index (χ0v) is 11.0. The molecule has 2 unspecified atom stereocenters. The van der Waals surface area contributed by atoms with E-state index < -0.39 is 5.60 Å². The monoisotopic (exact) mass is 234 g/mol. The van der Waals surface area contributed by atoms with Crippen LogP contribution in [-0.4, -0.2) is 17.8 Å². The Morgan fingerprint density at radius 3 is 2.76 bits per heavy atom. The first-order valence-corrected chi connectivity index (χ1v) is 6.47. The number of aryl methyl sites for hydroxylation is 2. The zero-order chi connectivity index (χ0) is 12.5. The normalized spacial score (nSPS) is 29.3. The lowest BCUT2D eigenvalue weighted by molar-refractivity contribution is -0.108. The summed E-state index contributed by atoms with van der Waals surface area (Å²) in [5, 5.41) is 10.8. The van der Waals surface area contributed by atoms with Crippen LogP contribution >= 0.6 is 0 Å². The van der Waals surface area contributed by atoms with Gasteiger partial charge in [-0.25, -0.2) is 0 Å². The van der Waals surface area contributed by atoms with E-state index in [-0.39, 0.29) is 6.10 Å². The molecule has 17 heavy (non-hydrogen) atoms. The summed E-state index contributed by atoms with van der Waals surface area (Å²) in [6, 6.07) is 6.27. The molecule has 1 N–H and O–H groups in total. The predicted octanol–water partition coefficient (Wildman–Crippen LogP) is 3.08. The van der Waals surface area contributed by atoms with Crippen molar-refractivity contribution in [3.63, 3.8) is 0 Å². The van der Waals surface area contributed by atoms with Gasteiger partial charge in [0.15, 0.2) is 0 Å². The smallest absolute Gasteiger partial charge is 0.0943 e. The van der Waals surface area contributed by atoms with Crippen LogP contribution in [0.2, 0.25) is 0 Å². The Morgan fingerprint density at radius 1 is 1.35 bits per heavy atom. The van der Waals surface area contributed by atoms with Gasteiger partial charge in [0.2, 0.25) is 0 Å². The highest BCUT2D eigenvalue weighted by atomic mass is 16.5. The molecule has 2 nitrogen and oxygen atoms in total. The van der Waals surface area contributed by atoms with Gasteiger partial charge < -0.3 is 9.84 Å². The fraction of sp³-hybridized carbons (Fsp3) is 0.600. The summed E-state index contributed by atoms with van der Waals surface area (Å²) in [7, 11) is 0. The number of rotatable bonds is 2. The van der Waals surface area contributed by atoms with E-state index in [2.05, 4.69) is 39.0 Å². The van der Waals surface area contributed by atoms with Crippen molar-refractivity contribution in [3.8, 4) is 0 Å². The molecule has 2 rings (SSSR count). The van der Waals surface area contributed by atoms with E-state index in [4.69, 9.17) is 4.74 Å². The molecule has 94 valence electrons. The molecule has 1 aliphatic rings. The summed E-state index contributed by atoms with van der Waals surface area (Å²) >= 11 is 0. The maximum Gasteiger partial charge on any atom is 0.0943 e. The highest BCUT2D eigenvalue weighted by Gasteiger charge is 2.35. The molecule has 1 aromatic carbocycles. The second-order valence-electron chi connectivity index (χ2n) is 5.19. The Morgan fingerprint density at radius 2 is 2.12 bits per heavy atom. The second kappa shape index (κ2) is 4.79. The van der Waals surface area contributed by atoms with E-state index in [1.165, 1.54) is 11.1 Å². The number of ether oxygens (including phenoxy) is 1. The summed E-state index contributed by atoms with van der Waals surface area (Å²) in [5.74, 6) is 0. The van der Waals surface area contributed by atoms with Gasteiger partial charge in [0.05, 0.1) is 18.3 Å². The third-order valence-corrected chi connectivity index (χ3v) is 3.93. The average molecular weight is 234 g/mol. The van der Waals surface area contributed by atoms with Crippen molar-refractivity contribution in [2.24, 2.45) is 0 Å². The molecule has 0 saturated carbocycles. The van der Waals surface area contributed by atoms with E-state index in [0.717, 1.165) is 12.0 Å². The first-order valence-electron chi connectivity index (χ1n) is 6.47. The van der Waals surface area contributed by atoms with Crippen molar-refractivity contribution in [2.75, 3.05) is 6.61 Å². The first kappa shape index (κ1) is 12.6. The van der Waals surface area contributed by atoms with Gasteiger partial charge in [-0.1, -0.05) is 25.1 Å². The molecule has 1 saturated heterocycles. The molecule has 1 heterocycles. The molecule has 0 spiro atoms. The Balaban J connectivity index is 2.27. The molecule has 1 aromatic rings. The van der Waals surface area contributed by atoms with Crippen molar-refractivity contribution in [1.82, 2.24) is 0 Å². The van der Waals surface area contributed by atoms with Gasteiger partial charge in [0, 0.05) is 12.8 Å². The Labute approximate surface area is 104 Å². The molecule has 0 amide bonds. The largest absolute Gasteiger partial charge is 0.385 e. The van der Waals surface area contributed by atoms with Crippen LogP contribution in [0.25, 0.3) is 0 Å². The summed E-state index contributed by atoms with van der Waals surface area (Å²) in [4.78, 5) is 0. The Bertz CT molecular complexity index is 400. The van der Waals surface area contributed by atoms with Crippen LogP contribution in [0.15, 0.2) is 18.2 Å². The van der Waals surface area contributed by atoms with Crippen molar-refractivity contribution in [3.05, 3.63) is 34.9 Å². The van der Waals surface area contributed by atoms with Crippen molar-refractivity contribution < 1.29 is 9.84 Å². The molecule has 0 bridgehead atoms. The van der Waals surface area contributed by atoms with E-state index in [1.807, 2.05) is 0 Å². The van der Waals surface area contributed by atoms with Crippen LogP contribution in [0.5, 0.6) is 0 Å². The number of aliphatic hydroxyl groups is 1. The molecule has 2 heteroatoms. The van der Waals surface area contributed by atoms with Crippen LogP contribution < -0.4 is 0 Å². The molecule has 2 atom stereocenters. The van der Waals surface area contributed by atoms with Crippen LogP contribution in [-0.2, 0) is 10.3 Å². The molecular weight excluding hydrogens is 212 g/mol. The minimum Gasteiger partial charge on any atom is -0.385 e. The molecule has 0 aromatic heterocycles. The highest BCUT2D eigenvalue weighted by Crippen LogP contribution is 2.36. The lowest BCUT2D eigenvalue weighted by Crippen LogP contribution is -2.38. The molecule has 0 aliphatic carbocycles. The minimum absolute atomic E-state index is 0.190. The maximum absolute atomic E-state index is 10.8. The van der Waals surface area contributed by atoms with Crippen LogP contribution in [0.3, 0.4) is 0 Å². The third-order valence-electron chi connectivity index (χ3n) is 3.93. The van der Waals surface area contributed by atoms with Gasteiger partial charge >= 0.3 is 0 Å². The second-order valence-corrected chi connectivity index (χ2v) is 5.19. The lowest BCUT2D eigenvalue weighted by atomic mass is 9.82. The van der Waals surface area contributed by atoms with Crippen LogP contribution in [0.4, 0.5) is 0 Å². The molecule has 1 fully saturated rings. The SMILES string of the molecule is CCC1CC(O)(c2ccc(C)c(C)c2)CCO1. The molecule has 0 radical (unpaired) electrons. The summed E-state index contributed by atoms with van der Waals surface area (Å²) in [5.41, 5.74) is 2.87. The minimum atomic E-state index is -0.697. The van der Waals surface area contributed by atoms with Crippen molar-refractivity contribution in [1.29, 1.82) is 0 Å². The quantitative estimate of drug-likeness (QED) is 0.852. The molecule has 1 aliphatic heterocycles. The lowest BCUT2D eigenvalue weighted by Gasteiger charge is -2.37. The van der Waals surface area contributed by atoms with E-state index in [1.54, 1.807) is 0 Å². The van der Waals surface area contributed by atoms with Crippen LogP contribution in [0, 0.1) is 13.8 Å². The fourth-order valence-corrected chi connectivity index (χ4v) is 2.49. The van der Waals surface area contributed by atoms with Crippen LogP contribution in [0.1, 0.15) is 42.9 Å². The standard InChI is InChI=1S/C15H22O2/c1-4-14-10-15(16,7-8-17-14)13-6-5-11(2)12(3)9-13/h5-6,9,14,16H,4,7-8,10H2,1-3H3. The van der Waals surface area contributed by atoms with E-state index in [0.29, 0.717) is 19.4 Å². The van der Waals surface area contributed by atoms with Gasteiger partial charge in [-0.3, -0.25) is 0 Å². The first-order chi connectivity index (χ1) is 8.05. The number of hydrogen-bond donors (Lipinski definition) is 1. The molecular formula is C15H22O2. The predicted molar refractivity (Wildman–Crippen MR) is 69.1 cm³/mol. The Hall–Kier alpha value is -0.860. The fourth-order valence-electron chi connectivity index (χ4n) is 2.49. The van der Waals surface area contributed by atoms with Crippen molar-refractivity contribution >= 4 is 0 Å². The topological polar surface area (TPSA) is 29.5 Å². The van der Waals surface area contributed by atoms with Gasteiger partial charge in [0.25, 0.3) is 0 Å². The zero-order valence-electron chi connectivity index (χ0n) is 11.0. The van der Waals surface area contributed by atoms with Gasteiger partial charge in [-0.05, 0) is 37.0 Å². The summed E-state index contributed by atoms with van der Waals surface area (Å²) < 4.78 is 5.64. The number of benzene rings is 1. The Kier molecular flexibility index (Phi) is 3.55. The van der Waals surface area contributed by atoms with Gasteiger partial charge in [-0.15, -0.1) is 0 Å². The average Bonchev–Trinajstić information content (AvgIpc) is 2.32. The third kappa shape index (κ3) is 2.53. The van der Waals surface area contributed by atoms with Gasteiger partial charge in [0.1, 0.15) is 0 Å². The highest BCUT2D eigenvalue weighted by molar-refractivity contribution is 5.33. The summed E-state index contributed by atoms with van der Waals surface area (Å²) in [6.45, 7) is 6.96. The van der Waals surface area contributed by atoms with E-state index >= 15 is 0 Å². The number of hydrogen-bond acceptors (Lipinski definition) is 2. The van der Waals surface area contributed by atoms with E-state index in [9.17, 15) is 5.11 Å². The van der Waals surface area contributed by atoms with Crippen molar-refractivity contribution in [2.45, 2.75) is 51.7 Å².